The van der Waals surface area contributed by atoms with Gasteiger partial charge in [0.05, 0.1) is 17.7 Å². The third-order valence-electron chi connectivity index (χ3n) is 3.26. The van der Waals surface area contributed by atoms with E-state index in [1.165, 1.54) is 13.2 Å². The van der Waals surface area contributed by atoms with E-state index < -0.39 is 10.0 Å². The number of nitrogen functional groups attached to an aromatic ring is 1. The first-order chi connectivity index (χ1) is 9.83. The lowest BCUT2D eigenvalue weighted by molar-refractivity contribution is 0.417. The van der Waals surface area contributed by atoms with Gasteiger partial charge in [-0.25, -0.2) is 8.42 Å². The molecule has 0 saturated heterocycles. The van der Waals surface area contributed by atoms with Crippen LogP contribution < -0.4 is 15.2 Å². The molecule has 6 heteroatoms. The Morgan fingerprint density at radius 2 is 1.76 bits per heavy atom. The first-order valence-electron chi connectivity index (χ1n) is 6.37. The van der Waals surface area contributed by atoms with E-state index in [4.69, 9.17) is 10.5 Å². The van der Waals surface area contributed by atoms with Gasteiger partial charge in [0.15, 0.2) is 0 Å². The molecule has 0 radical (unpaired) electrons. The van der Waals surface area contributed by atoms with Crippen molar-refractivity contribution in [2.45, 2.75) is 18.7 Å². The zero-order valence-electron chi connectivity index (χ0n) is 12.2. The summed E-state index contributed by atoms with van der Waals surface area (Å²) in [6, 6.07) is 9.78. The Kier molecular flexibility index (Phi) is 4.09. The number of rotatable bonds is 4. The second kappa shape index (κ2) is 5.65. The molecule has 0 aromatic heterocycles. The maximum absolute atomic E-state index is 12.4. The molecule has 0 amide bonds. The highest BCUT2D eigenvalue weighted by molar-refractivity contribution is 7.92. The largest absolute Gasteiger partial charge is 0.495 e. The van der Waals surface area contributed by atoms with Crippen LogP contribution in [-0.4, -0.2) is 15.5 Å². The molecule has 5 nitrogen and oxygen atoms in total. The molecule has 0 unspecified atom stereocenters. The minimum Gasteiger partial charge on any atom is -0.495 e. The molecule has 2 rings (SSSR count). The fourth-order valence-corrected chi connectivity index (χ4v) is 3.04. The number of ether oxygens (including phenoxy) is 1. The number of nitrogens with one attached hydrogen (secondary N) is 1. The molecule has 0 atom stereocenters. The molecule has 21 heavy (non-hydrogen) atoms. The van der Waals surface area contributed by atoms with E-state index in [9.17, 15) is 8.42 Å². The summed E-state index contributed by atoms with van der Waals surface area (Å²) in [6.07, 6.45) is 0. The van der Waals surface area contributed by atoms with Crippen molar-refractivity contribution >= 4 is 21.4 Å². The zero-order chi connectivity index (χ0) is 15.6. The first kappa shape index (κ1) is 15.2. The Balaban J connectivity index is 2.41. The Morgan fingerprint density at radius 1 is 1.05 bits per heavy atom. The lowest BCUT2D eigenvalue weighted by Gasteiger charge is -2.13. The summed E-state index contributed by atoms with van der Waals surface area (Å²) in [4.78, 5) is 0.204. The quantitative estimate of drug-likeness (QED) is 0.851. The van der Waals surface area contributed by atoms with Crippen LogP contribution in [0.5, 0.6) is 5.75 Å². The molecule has 2 aromatic rings. The van der Waals surface area contributed by atoms with Crippen LogP contribution >= 0.6 is 0 Å². The van der Waals surface area contributed by atoms with Gasteiger partial charge in [-0.1, -0.05) is 6.07 Å². The van der Waals surface area contributed by atoms with Gasteiger partial charge in [-0.05, 0) is 55.3 Å². The Hall–Kier alpha value is -2.21. The molecule has 0 heterocycles. The summed E-state index contributed by atoms with van der Waals surface area (Å²) in [5, 5.41) is 0. The third-order valence-corrected chi connectivity index (χ3v) is 4.62. The maximum Gasteiger partial charge on any atom is 0.262 e. The van der Waals surface area contributed by atoms with Crippen molar-refractivity contribution in [2.24, 2.45) is 0 Å². The van der Waals surface area contributed by atoms with E-state index in [1.807, 2.05) is 13.8 Å². The number of hydrogen-bond donors (Lipinski definition) is 2. The van der Waals surface area contributed by atoms with Gasteiger partial charge in [0.25, 0.3) is 10.0 Å². The third kappa shape index (κ3) is 3.28. The number of anilines is 2. The van der Waals surface area contributed by atoms with Crippen molar-refractivity contribution in [3.8, 4) is 5.75 Å². The summed E-state index contributed by atoms with van der Waals surface area (Å²) in [7, 11) is -2.22. The van der Waals surface area contributed by atoms with Gasteiger partial charge in [0.1, 0.15) is 5.75 Å². The van der Waals surface area contributed by atoms with Gasteiger partial charge >= 0.3 is 0 Å². The average molecular weight is 306 g/mol. The predicted molar refractivity (Wildman–Crippen MR) is 84.1 cm³/mol. The normalized spacial score (nSPS) is 11.2. The van der Waals surface area contributed by atoms with Gasteiger partial charge in [-0.3, -0.25) is 4.72 Å². The van der Waals surface area contributed by atoms with Crippen molar-refractivity contribution in [3.05, 3.63) is 47.5 Å². The average Bonchev–Trinajstić information content (AvgIpc) is 2.41. The summed E-state index contributed by atoms with van der Waals surface area (Å²) in [6.45, 7) is 3.80. The molecule has 0 aliphatic heterocycles. The number of methoxy groups -OCH3 is 1. The van der Waals surface area contributed by atoms with Crippen molar-refractivity contribution in [1.29, 1.82) is 0 Å². The van der Waals surface area contributed by atoms with Crippen LogP contribution in [0.25, 0.3) is 0 Å². The monoisotopic (exact) mass is 306 g/mol. The lowest BCUT2D eigenvalue weighted by Crippen LogP contribution is -2.14. The molecule has 2 aromatic carbocycles. The van der Waals surface area contributed by atoms with E-state index >= 15 is 0 Å². The van der Waals surface area contributed by atoms with Crippen LogP contribution in [-0.2, 0) is 10.0 Å². The SMILES string of the molecule is COc1ccc(N)cc1NS(=O)(=O)c1ccc(C)c(C)c1. The molecule has 3 N–H and O–H groups in total. The van der Waals surface area contributed by atoms with E-state index in [-0.39, 0.29) is 4.90 Å². The highest BCUT2D eigenvalue weighted by atomic mass is 32.2. The van der Waals surface area contributed by atoms with Crippen LogP contribution in [0, 0.1) is 13.8 Å². The second-order valence-corrected chi connectivity index (χ2v) is 6.49. The molecular weight excluding hydrogens is 288 g/mol. The van der Waals surface area contributed by atoms with Crippen LogP contribution in [0.1, 0.15) is 11.1 Å². The summed E-state index contributed by atoms with van der Waals surface area (Å²) in [5.74, 6) is 0.414. The number of aryl methyl sites for hydroxylation is 2. The number of nitrogens with two attached hydrogens (primary N) is 1. The zero-order valence-corrected chi connectivity index (χ0v) is 13.0. The van der Waals surface area contributed by atoms with E-state index in [0.717, 1.165) is 11.1 Å². The number of benzene rings is 2. The molecule has 0 saturated carbocycles. The van der Waals surface area contributed by atoms with E-state index in [2.05, 4.69) is 4.72 Å². The molecule has 0 aliphatic rings. The minimum atomic E-state index is -3.69. The Morgan fingerprint density at radius 3 is 2.38 bits per heavy atom. The smallest absolute Gasteiger partial charge is 0.262 e. The predicted octanol–water partition coefficient (Wildman–Crippen LogP) is 2.70. The van der Waals surface area contributed by atoms with Crippen molar-refractivity contribution in [3.63, 3.8) is 0 Å². The van der Waals surface area contributed by atoms with Gasteiger partial charge in [-0.2, -0.15) is 0 Å². The summed E-state index contributed by atoms with van der Waals surface area (Å²) < 4.78 is 32.5. The van der Waals surface area contributed by atoms with Crippen molar-refractivity contribution < 1.29 is 13.2 Å². The fourth-order valence-electron chi connectivity index (χ4n) is 1.89. The first-order valence-corrected chi connectivity index (χ1v) is 7.85. The fraction of sp³-hybridized carbons (Fsp3) is 0.200. The van der Waals surface area contributed by atoms with Gasteiger partial charge < -0.3 is 10.5 Å². The standard InChI is InChI=1S/C15H18N2O3S/c1-10-4-6-13(8-11(10)2)21(18,19)17-14-9-12(16)5-7-15(14)20-3/h4-9,17H,16H2,1-3H3. The highest BCUT2D eigenvalue weighted by Crippen LogP contribution is 2.29. The Labute approximate surface area is 124 Å². The number of hydrogen-bond acceptors (Lipinski definition) is 4. The maximum atomic E-state index is 12.4. The van der Waals surface area contributed by atoms with Crippen LogP contribution in [0.3, 0.4) is 0 Å². The molecule has 0 aliphatic carbocycles. The van der Waals surface area contributed by atoms with Crippen molar-refractivity contribution in [1.82, 2.24) is 0 Å². The van der Waals surface area contributed by atoms with E-state index in [1.54, 1.807) is 30.3 Å². The van der Waals surface area contributed by atoms with Crippen LogP contribution in [0.2, 0.25) is 0 Å². The van der Waals surface area contributed by atoms with Crippen LogP contribution in [0.4, 0.5) is 11.4 Å². The number of sulfonamides is 1. The Bertz CT molecular complexity index is 770. The van der Waals surface area contributed by atoms with E-state index in [0.29, 0.717) is 17.1 Å². The van der Waals surface area contributed by atoms with Gasteiger partial charge in [0.2, 0.25) is 0 Å². The molecule has 0 spiro atoms. The molecular formula is C15H18N2O3S. The second-order valence-electron chi connectivity index (χ2n) is 4.81. The highest BCUT2D eigenvalue weighted by Gasteiger charge is 2.17. The minimum absolute atomic E-state index is 0.204. The van der Waals surface area contributed by atoms with Gasteiger partial charge in [0, 0.05) is 5.69 Å². The van der Waals surface area contributed by atoms with Gasteiger partial charge in [-0.15, -0.1) is 0 Å². The molecule has 0 fully saturated rings. The van der Waals surface area contributed by atoms with Crippen molar-refractivity contribution in [2.75, 3.05) is 17.6 Å². The molecule has 112 valence electrons. The summed E-state index contributed by atoms with van der Waals surface area (Å²) >= 11 is 0. The summed E-state index contributed by atoms with van der Waals surface area (Å²) in [5.41, 5.74) is 8.41. The molecule has 0 bridgehead atoms. The van der Waals surface area contributed by atoms with Crippen LogP contribution in [0.15, 0.2) is 41.3 Å². The lowest BCUT2D eigenvalue weighted by atomic mass is 10.1. The topological polar surface area (TPSA) is 81.4 Å².